The van der Waals surface area contributed by atoms with Crippen LogP contribution in [0, 0.1) is 0 Å². The lowest BCUT2D eigenvalue weighted by atomic mass is 10.0. The lowest BCUT2D eigenvalue weighted by Crippen LogP contribution is -2.27. The van der Waals surface area contributed by atoms with Gasteiger partial charge in [-0.1, -0.05) is 23.7 Å². The summed E-state index contributed by atoms with van der Waals surface area (Å²) in [6.07, 6.45) is 0.955. The lowest BCUT2D eigenvalue weighted by Gasteiger charge is -2.11. The zero-order chi connectivity index (χ0) is 20.3. The molecule has 0 saturated heterocycles. The normalized spacial score (nSPS) is 19.2. The average Bonchev–Trinajstić information content (AvgIpc) is 3.32. The minimum absolute atomic E-state index is 0.147. The quantitative estimate of drug-likeness (QED) is 0.491. The van der Waals surface area contributed by atoms with Gasteiger partial charge in [0.15, 0.2) is 5.65 Å². The summed E-state index contributed by atoms with van der Waals surface area (Å²) in [6, 6.07) is 8.75. The van der Waals surface area contributed by atoms with Crippen LogP contribution in [-0.2, 0) is 6.54 Å². The smallest absolute Gasteiger partial charge is 0.306 e. The number of rotatable bonds is 3. The molecule has 2 atom stereocenters. The molecule has 0 spiro atoms. The van der Waals surface area contributed by atoms with Crippen molar-refractivity contribution >= 4 is 28.0 Å². The fourth-order valence-corrected chi connectivity index (χ4v) is 4.13. The average molecular weight is 419 g/mol. The maximum absolute atomic E-state index is 12.7. The first-order valence-electron chi connectivity index (χ1n) is 9.00. The van der Waals surface area contributed by atoms with Crippen LogP contribution in [0.4, 0.5) is 13.2 Å². The summed E-state index contributed by atoms with van der Waals surface area (Å²) in [4.78, 5) is 16.9. The molecule has 0 N–H and O–H groups in total. The van der Waals surface area contributed by atoms with Crippen LogP contribution in [0.3, 0.4) is 0 Å². The second-order valence-electron chi connectivity index (χ2n) is 7.28. The van der Waals surface area contributed by atoms with E-state index in [9.17, 15) is 18.0 Å². The van der Waals surface area contributed by atoms with Gasteiger partial charge in [-0.2, -0.15) is 18.3 Å². The third-order valence-electron chi connectivity index (χ3n) is 5.33. The highest BCUT2D eigenvalue weighted by Gasteiger charge is 2.41. The van der Waals surface area contributed by atoms with Crippen molar-refractivity contribution in [3.63, 3.8) is 0 Å². The van der Waals surface area contributed by atoms with E-state index in [0.717, 1.165) is 23.2 Å². The summed E-state index contributed by atoms with van der Waals surface area (Å²) < 4.78 is 40.5. The van der Waals surface area contributed by atoms with Crippen LogP contribution >= 0.6 is 11.6 Å². The molecule has 0 unspecified atom stereocenters. The van der Waals surface area contributed by atoms with Gasteiger partial charge in [0.05, 0.1) is 0 Å². The van der Waals surface area contributed by atoms with Crippen molar-refractivity contribution in [3.05, 3.63) is 75.6 Å². The highest BCUT2D eigenvalue weighted by atomic mass is 35.5. The molecule has 29 heavy (non-hydrogen) atoms. The van der Waals surface area contributed by atoms with E-state index < -0.39 is 18.3 Å². The Morgan fingerprint density at radius 3 is 2.76 bits per heavy atom. The van der Waals surface area contributed by atoms with Crippen LogP contribution in [-0.4, -0.2) is 25.3 Å². The number of alkyl halides is 3. The molecule has 4 aromatic rings. The first kappa shape index (κ1) is 18.2. The number of nitrogens with zero attached hydrogens (tertiary/aromatic N) is 4. The number of pyridine rings is 1. The summed E-state index contributed by atoms with van der Waals surface area (Å²) in [5.74, 6) is 0.313. The maximum atomic E-state index is 12.7. The van der Waals surface area contributed by atoms with Crippen molar-refractivity contribution in [2.24, 2.45) is 0 Å². The Bertz CT molecular complexity index is 1310. The highest BCUT2D eigenvalue weighted by Crippen LogP contribution is 2.55. The molecule has 0 amide bonds. The molecule has 1 aliphatic carbocycles. The van der Waals surface area contributed by atoms with Gasteiger partial charge in [-0.05, 0) is 47.4 Å². The molecule has 9 heteroatoms. The van der Waals surface area contributed by atoms with E-state index in [1.165, 1.54) is 12.3 Å². The van der Waals surface area contributed by atoms with Gasteiger partial charge in [0.2, 0.25) is 0 Å². The SMILES string of the molecule is O=c1c2cc([C@H]3C[C@@H]3c3cc(Cl)nn4ccnc34)ccc2ccn1CC(F)(F)F. The van der Waals surface area contributed by atoms with Crippen LogP contribution < -0.4 is 5.56 Å². The van der Waals surface area contributed by atoms with E-state index >= 15 is 0 Å². The molecule has 3 aromatic heterocycles. The van der Waals surface area contributed by atoms with Crippen LogP contribution in [0.15, 0.2) is 53.7 Å². The summed E-state index contributed by atoms with van der Waals surface area (Å²) in [7, 11) is 0. The first-order chi connectivity index (χ1) is 13.8. The van der Waals surface area contributed by atoms with E-state index in [4.69, 9.17) is 11.6 Å². The summed E-state index contributed by atoms with van der Waals surface area (Å²) in [5, 5.41) is 5.46. The Balaban J connectivity index is 1.52. The van der Waals surface area contributed by atoms with Gasteiger partial charge in [0.25, 0.3) is 5.56 Å². The van der Waals surface area contributed by atoms with Crippen molar-refractivity contribution in [2.75, 3.05) is 0 Å². The monoisotopic (exact) mass is 418 g/mol. The largest absolute Gasteiger partial charge is 0.406 e. The van der Waals surface area contributed by atoms with E-state index in [-0.39, 0.29) is 11.8 Å². The standard InChI is InChI=1S/C20H14ClF3N4O/c21-17-9-16(18-25-4-6-28(18)26-17)15-8-13(15)12-2-1-11-3-5-27(10-20(22,23)24)19(29)14(11)7-12/h1-7,9,13,15H,8,10H2/t13-,15+/m1/s1. The van der Waals surface area contributed by atoms with Crippen molar-refractivity contribution in [1.29, 1.82) is 0 Å². The fraction of sp³-hybridized carbons (Fsp3) is 0.250. The zero-order valence-corrected chi connectivity index (χ0v) is 15.7. The molecule has 5 rings (SSSR count). The molecule has 1 aromatic carbocycles. The number of hydrogen-bond donors (Lipinski definition) is 0. The molecule has 5 nitrogen and oxygen atoms in total. The molecule has 1 saturated carbocycles. The van der Waals surface area contributed by atoms with Crippen molar-refractivity contribution in [2.45, 2.75) is 31.0 Å². The molecule has 3 heterocycles. The number of halogens is 4. The Morgan fingerprint density at radius 2 is 1.97 bits per heavy atom. The summed E-state index contributed by atoms with van der Waals surface area (Å²) in [6.45, 7) is -1.30. The van der Waals surface area contributed by atoms with E-state index in [1.807, 2.05) is 6.07 Å². The minimum atomic E-state index is -4.45. The van der Waals surface area contributed by atoms with Crippen LogP contribution in [0.5, 0.6) is 0 Å². The van der Waals surface area contributed by atoms with Crippen LogP contribution in [0.1, 0.15) is 29.4 Å². The molecule has 0 radical (unpaired) electrons. The minimum Gasteiger partial charge on any atom is -0.306 e. The lowest BCUT2D eigenvalue weighted by molar-refractivity contribution is -0.141. The van der Waals surface area contributed by atoms with E-state index in [2.05, 4.69) is 10.1 Å². The maximum Gasteiger partial charge on any atom is 0.406 e. The summed E-state index contributed by atoms with van der Waals surface area (Å²) in [5.41, 5.74) is 1.99. The predicted molar refractivity (Wildman–Crippen MR) is 102 cm³/mol. The van der Waals surface area contributed by atoms with Gasteiger partial charge in [-0.3, -0.25) is 4.79 Å². The Hall–Kier alpha value is -2.87. The number of benzene rings is 1. The Kier molecular flexibility index (Phi) is 3.96. The number of hydrogen-bond acceptors (Lipinski definition) is 3. The van der Waals surface area contributed by atoms with E-state index in [1.54, 1.807) is 35.1 Å². The molecular weight excluding hydrogens is 405 g/mol. The molecule has 0 bridgehead atoms. The van der Waals surface area contributed by atoms with Crippen molar-refractivity contribution < 1.29 is 13.2 Å². The zero-order valence-electron chi connectivity index (χ0n) is 14.9. The van der Waals surface area contributed by atoms with Crippen molar-refractivity contribution in [3.8, 4) is 0 Å². The van der Waals surface area contributed by atoms with Gasteiger partial charge < -0.3 is 4.57 Å². The Labute approximate surface area is 167 Å². The molecule has 0 aliphatic heterocycles. The fourth-order valence-electron chi connectivity index (χ4n) is 3.93. The summed E-state index contributed by atoms with van der Waals surface area (Å²) >= 11 is 6.12. The highest BCUT2D eigenvalue weighted by molar-refractivity contribution is 6.29. The molecule has 148 valence electrons. The van der Waals surface area contributed by atoms with E-state index in [0.29, 0.717) is 20.5 Å². The number of fused-ring (bicyclic) bond motifs is 2. The topological polar surface area (TPSA) is 52.2 Å². The molecule has 1 aliphatic rings. The molecular formula is C20H14ClF3N4O. The van der Waals surface area contributed by atoms with Gasteiger partial charge in [0, 0.05) is 29.5 Å². The number of aromatic nitrogens is 4. The third kappa shape index (κ3) is 3.27. The van der Waals surface area contributed by atoms with Gasteiger partial charge in [0.1, 0.15) is 11.7 Å². The van der Waals surface area contributed by atoms with Gasteiger partial charge in [-0.25, -0.2) is 9.50 Å². The van der Waals surface area contributed by atoms with Crippen molar-refractivity contribution in [1.82, 2.24) is 19.2 Å². The Morgan fingerprint density at radius 1 is 1.14 bits per heavy atom. The first-order valence-corrected chi connectivity index (χ1v) is 9.37. The van der Waals surface area contributed by atoms with Crippen LogP contribution in [0.25, 0.3) is 16.4 Å². The van der Waals surface area contributed by atoms with Gasteiger partial charge in [-0.15, -0.1) is 0 Å². The second-order valence-corrected chi connectivity index (χ2v) is 7.66. The van der Waals surface area contributed by atoms with Gasteiger partial charge >= 0.3 is 6.18 Å². The predicted octanol–water partition coefficient (Wildman–Crippen LogP) is 4.53. The third-order valence-corrected chi connectivity index (χ3v) is 5.51. The van der Waals surface area contributed by atoms with Crippen LogP contribution in [0.2, 0.25) is 5.15 Å². The second kappa shape index (κ2) is 6.32. The number of imidazole rings is 1. The molecule has 1 fully saturated rings.